The van der Waals surface area contributed by atoms with Crippen LogP contribution in [0.2, 0.25) is 5.02 Å². The van der Waals surface area contributed by atoms with Crippen molar-refractivity contribution in [2.24, 2.45) is 0 Å². The minimum Gasteiger partial charge on any atom is -0.451 e. The van der Waals surface area contributed by atoms with Gasteiger partial charge in [0.15, 0.2) is 18.1 Å². The van der Waals surface area contributed by atoms with E-state index in [2.05, 4.69) is 20.4 Å². The highest BCUT2D eigenvalue weighted by Gasteiger charge is 2.17. The molecule has 0 spiro atoms. The van der Waals surface area contributed by atoms with Gasteiger partial charge in [-0.3, -0.25) is 14.9 Å². The Bertz CT molecular complexity index is 899. The molecule has 0 aliphatic carbocycles. The van der Waals surface area contributed by atoms with Gasteiger partial charge in [0.25, 0.3) is 11.6 Å². The first-order valence-electron chi connectivity index (χ1n) is 8.43. The number of hydrogen-bond donors (Lipinski definition) is 1. The number of anilines is 2. The summed E-state index contributed by atoms with van der Waals surface area (Å²) in [4.78, 5) is 36.2. The summed E-state index contributed by atoms with van der Waals surface area (Å²) in [5, 5.41) is 21.1. The van der Waals surface area contributed by atoms with E-state index in [0.29, 0.717) is 5.82 Å². The first-order chi connectivity index (χ1) is 13.4. The van der Waals surface area contributed by atoms with Crippen molar-refractivity contribution in [3.8, 4) is 0 Å². The molecule has 1 aliphatic rings. The second-order valence-corrected chi connectivity index (χ2v) is 6.42. The fraction of sp³-hybridized carbons (Fsp3) is 0.294. The third kappa shape index (κ3) is 4.71. The van der Waals surface area contributed by atoms with Crippen molar-refractivity contribution >= 4 is 40.7 Å². The van der Waals surface area contributed by atoms with E-state index in [1.165, 1.54) is 18.2 Å². The summed E-state index contributed by atoms with van der Waals surface area (Å²) in [7, 11) is 0. The lowest BCUT2D eigenvalue weighted by Gasteiger charge is -2.15. The van der Waals surface area contributed by atoms with E-state index in [-0.39, 0.29) is 22.1 Å². The van der Waals surface area contributed by atoms with Gasteiger partial charge >= 0.3 is 5.97 Å². The number of amides is 1. The molecule has 1 aromatic carbocycles. The lowest BCUT2D eigenvalue weighted by molar-refractivity contribution is -0.384. The fourth-order valence-electron chi connectivity index (χ4n) is 2.66. The zero-order valence-electron chi connectivity index (χ0n) is 14.6. The standard InChI is InChI=1S/C17H16ClN5O5/c18-12-4-3-11(23(26)27)9-14(12)19-16(24)10-28-17(25)13-5-6-15(21-20-13)22-7-1-2-8-22/h3-6,9H,1-2,7-8,10H2,(H,19,24). The van der Waals surface area contributed by atoms with Crippen LogP contribution in [0.25, 0.3) is 0 Å². The molecule has 28 heavy (non-hydrogen) atoms. The molecule has 1 aliphatic heterocycles. The number of nitro groups is 1. The number of carbonyl (C=O) groups is 2. The molecule has 1 N–H and O–H groups in total. The monoisotopic (exact) mass is 405 g/mol. The maximum atomic E-state index is 12.0. The van der Waals surface area contributed by atoms with Crippen LogP contribution in [0.1, 0.15) is 23.3 Å². The van der Waals surface area contributed by atoms with E-state index in [1.807, 2.05) is 0 Å². The normalized spacial score (nSPS) is 13.2. The summed E-state index contributed by atoms with van der Waals surface area (Å²) < 4.78 is 4.90. The van der Waals surface area contributed by atoms with Crippen molar-refractivity contribution in [2.75, 3.05) is 29.9 Å². The van der Waals surface area contributed by atoms with Gasteiger partial charge in [-0.2, -0.15) is 0 Å². The van der Waals surface area contributed by atoms with Gasteiger partial charge in [-0.25, -0.2) is 4.79 Å². The Kier molecular flexibility index (Phi) is 5.99. The number of carbonyl (C=O) groups excluding carboxylic acids is 2. The molecule has 146 valence electrons. The second kappa shape index (κ2) is 8.61. The molecule has 0 atom stereocenters. The Balaban J connectivity index is 1.55. The van der Waals surface area contributed by atoms with Crippen LogP contribution in [0.5, 0.6) is 0 Å². The number of aromatic nitrogens is 2. The van der Waals surface area contributed by atoms with Gasteiger partial charge in [0, 0.05) is 25.2 Å². The number of hydrogen-bond acceptors (Lipinski definition) is 8. The summed E-state index contributed by atoms with van der Waals surface area (Å²) >= 11 is 5.90. The Morgan fingerprint density at radius 2 is 1.96 bits per heavy atom. The molecule has 2 heterocycles. The molecule has 10 nitrogen and oxygen atoms in total. The Morgan fingerprint density at radius 1 is 1.21 bits per heavy atom. The van der Waals surface area contributed by atoms with E-state index >= 15 is 0 Å². The Morgan fingerprint density at radius 3 is 2.61 bits per heavy atom. The van der Waals surface area contributed by atoms with Gasteiger partial charge in [-0.05, 0) is 31.0 Å². The Hall–Kier alpha value is -3.27. The van der Waals surface area contributed by atoms with Gasteiger partial charge in [0.1, 0.15) is 0 Å². The Labute approximate surface area is 164 Å². The molecule has 1 fully saturated rings. The maximum Gasteiger partial charge on any atom is 0.359 e. The van der Waals surface area contributed by atoms with E-state index in [9.17, 15) is 19.7 Å². The lowest BCUT2D eigenvalue weighted by Crippen LogP contribution is -2.22. The van der Waals surface area contributed by atoms with Crippen LogP contribution in [-0.2, 0) is 9.53 Å². The van der Waals surface area contributed by atoms with Crippen molar-refractivity contribution in [1.29, 1.82) is 0 Å². The predicted molar refractivity (Wildman–Crippen MR) is 100 cm³/mol. The second-order valence-electron chi connectivity index (χ2n) is 6.02. The predicted octanol–water partition coefficient (Wildman–Crippen LogP) is 2.43. The van der Waals surface area contributed by atoms with Gasteiger partial charge in [-0.15, -0.1) is 10.2 Å². The van der Waals surface area contributed by atoms with E-state index < -0.39 is 23.4 Å². The molecule has 0 bridgehead atoms. The molecule has 0 unspecified atom stereocenters. The molecular formula is C17H16ClN5O5. The number of non-ortho nitro benzene ring substituents is 1. The molecule has 0 radical (unpaired) electrons. The van der Waals surface area contributed by atoms with Crippen LogP contribution >= 0.6 is 11.6 Å². The number of nitrogens with one attached hydrogen (secondary N) is 1. The van der Waals surface area contributed by atoms with Crippen LogP contribution in [0.4, 0.5) is 17.2 Å². The number of esters is 1. The third-order valence-corrected chi connectivity index (χ3v) is 4.39. The highest BCUT2D eigenvalue weighted by Crippen LogP contribution is 2.26. The lowest BCUT2D eigenvalue weighted by atomic mass is 10.3. The topological polar surface area (TPSA) is 128 Å². The number of ether oxygens (including phenoxy) is 1. The third-order valence-electron chi connectivity index (χ3n) is 4.06. The van der Waals surface area contributed by atoms with Crippen molar-refractivity contribution in [2.45, 2.75) is 12.8 Å². The van der Waals surface area contributed by atoms with Crippen LogP contribution in [-0.4, -0.2) is 46.7 Å². The van der Waals surface area contributed by atoms with E-state index in [4.69, 9.17) is 16.3 Å². The number of nitro benzene ring substituents is 1. The number of halogens is 1. The summed E-state index contributed by atoms with van der Waals surface area (Å²) in [6.45, 7) is 1.20. The number of nitrogens with zero attached hydrogens (tertiary/aromatic N) is 4. The van der Waals surface area contributed by atoms with Crippen molar-refractivity contribution in [3.63, 3.8) is 0 Å². The smallest absolute Gasteiger partial charge is 0.359 e. The highest BCUT2D eigenvalue weighted by atomic mass is 35.5. The molecular weight excluding hydrogens is 390 g/mol. The fourth-order valence-corrected chi connectivity index (χ4v) is 2.83. The SMILES string of the molecule is O=C(COC(=O)c1ccc(N2CCCC2)nn1)Nc1cc([N+](=O)[O-])ccc1Cl. The first-order valence-corrected chi connectivity index (χ1v) is 8.81. The van der Waals surface area contributed by atoms with Crippen molar-refractivity contribution < 1.29 is 19.2 Å². The first kappa shape index (κ1) is 19.5. The van der Waals surface area contributed by atoms with Crippen molar-refractivity contribution in [1.82, 2.24) is 10.2 Å². The molecule has 1 saturated heterocycles. The van der Waals surface area contributed by atoms with E-state index in [1.54, 1.807) is 6.07 Å². The zero-order chi connectivity index (χ0) is 20.1. The molecule has 1 amide bonds. The van der Waals surface area contributed by atoms with Crippen molar-refractivity contribution in [3.05, 3.63) is 51.2 Å². The minimum absolute atomic E-state index is 0.0240. The summed E-state index contributed by atoms with van der Waals surface area (Å²) in [5.74, 6) is -0.815. The minimum atomic E-state index is -0.805. The summed E-state index contributed by atoms with van der Waals surface area (Å²) in [6.07, 6.45) is 2.18. The quantitative estimate of drug-likeness (QED) is 0.441. The molecule has 3 rings (SSSR count). The van der Waals surface area contributed by atoms with Gasteiger partial charge in [0.05, 0.1) is 15.6 Å². The van der Waals surface area contributed by atoms with Crippen LogP contribution in [0.15, 0.2) is 30.3 Å². The van der Waals surface area contributed by atoms with E-state index in [0.717, 1.165) is 32.0 Å². The van der Waals surface area contributed by atoms with Gasteiger partial charge < -0.3 is 15.0 Å². The summed E-state index contributed by atoms with van der Waals surface area (Å²) in [6, 6.07) is 6.78. The molecule has 1 aromatic heterocycles. The van der Waals surface area contributed by atoms with Crippen LogP contribution in [0, 0.1) is 10.1 Å². The zero-order valence-corrected chi connectivity index (χ0v) is 15.4. The molecule has 2 aromatic rings. The largest absolute Gasteiger partial charge is 0.451 e. The van der Waals surface area contributed by atoms with Gasteiger partial charge in [-0.1, -0.05) is 11.6 Å². The maximum absolute atomic E-state index is 12.0. The molecule has 0 saturated carbocycles. The van der Waals surface area contributed by atoms with Crippen LogP contribution in [0.3, 0.4) is 0 Å². The van der Waals surface area contributed by atoms with Gasteiger partial charge in [0.2, 0.25) is 0 Å². The number of rotatable bonds is 6. The van der Waals surface area contributed by atoms with Crippen LogP contribution < -0.4 is 10.2 Å². The summed E-state index contributed by atoms with van der Waals surface area (Å²) in [5.41, 5.74) is -0.208. The molecule has 11 heteroatoms. The average molecular weight is 406 g/mol. The highest BCUT2D eigenvalue weighted by molar-refractivity contribution is 6.33. The number of benzene rings is 1. The average Bonchev–Trinajstić information content (AvgIpc) is 3.22.